The monoisotopic (exact) mass is 219 g/mol. The Hall–Kier alpha value is -1.39. The van der Waals surface area contributed by atoms with E-state index < -0.39 is 5.60 Å². The number of ether oxygens (including phenoxy) is 1. The summed E-state index contributed by atoms with van der Waals surface area (Å²) in [6.07, 6.45) is 3.03. The van der Waals surface area contributed by atoms with Crippen LogP contribution in [0, 0.1) is 0 Å². The van der Waals surface area contributed by atoms with E-state index >= 15 is 0 Å². The predicted octanol–water partition coefficient (Wildman–Crippen LogP) is 1.83. The minimum absolute atomic E-state index is 0.357. The number of aliphatic hydroxyl groups is 1. The molecule has 1 saturated heterocycles. The summed E-state index contributed by atoms with van der Waals surface area (Å²) in [5, 5.41) is 10.5. The van der Waals surface area contributed by atoms with Crippen LogP contribution in [0.15, 0.2) is 29.0 Å². The summed E-state index contributed by atoms with van der Waals surface area (Å²) in [6, 6.07) is 5.58. The van der Waals surface area contributed by atoms with Gasteiger partial charge < -0.3 is 14.3 Å². The van der Waals surface area contributed by atoms with Gasteiger partial charge in [-0.15, -0.1) is 0 Å². The van der Waals surface area contributed by atoms with Crippen molar-refractivity contribution in [3.63, 3.8) is 0 Å². The molecule has 1 aromatic heterocycles. The van der Waals surface area contributed by atoms with E-state index in [0.29, 0.717) is 6.61 Å². The lowest BCUT2D eigenvalue weighted by molar-refractivity contribution is -0.0902. The Morgan fingerprint density at radius 3 is 3.12 bits per heavy atom. The fourth-order valence-electron chi connectivity index (χ4n) is 2.15. The van der Waals surface area contributed by atoms with Gasteiger partial charge >= 0.3 is 0 Å². The van der Waals surface area contributed by atoms with Crippen molar-refractivity contribution >= 4 is 11.1 Å². The number of hydrogen-bond acceptors (Lipinski definition) is 4. The highest BCUT2D eigenvalue weighted by molar-refractivity contribution is 5.73. The highest BCUT2D eigenvalue weighted by Gasteiger charge is 2.32. The first kappa shape index (κ1) is 9.81. The smallest absolute Gasteiger partial charge is 0.181 e. The van der Waals surface area contributed by atoms with Crippen LogP contribution in [0.25, 0.3) is 11.1 Å². The normalized spacial score (nSPS) is 26.1. The van der Waals surface area contributed by atoms with Crippen LogP contribution in [0.4, 0.5) is 0 Å². The van der Waals surface area contributed by atoms with Crippen molar-refractivity contribution in [3.05, 3.63) is 30.2 Å². The lowest BCUT2D eigenvalue weighted by atomic mass is 9.88. The Kier molecular flexibility index (Phi) is 2.19. The number of benzene rings is 1. The molecule has 0 aliphatic carbocycles. The molecule has 2 heterocycles. The summed E-state index contributed by atoms with van der Waals surface area (Å²) in [5.41, 5.74) is 1.50. The molecule has 4 nitrogen and oxygen atoms in total. The van der Waals surface area contributed by atoms with Gasteiger partial charge in [-0.1, -0.05) is 6.07 Å². The number of rotatable bonds is 1. The van der Waals surface area contributed by atoms with Gasteiger partial charge in [-0.3, -0.25) is 0 Å². The molecule has 84 valence electrons. The first-order valence-corrected chi connectivity index (χ1v) is 5.42. The van der Waals surface area contributed by atoms with Gasteiger partial charge in [0.1, 0.15) is 11.1 Å². The van der Waals surface area contributed by atoms with E-state index in [0.717, 1.165) is 36.1 Å². The van der Waals surface area contributed by atoms with Crippen LogP contribution in [0.1, 0.15) is 18.4 Å². The molecule has 1 unspecified atom stereocenters. The molecule has 3 rings (SSSR count). The van der Waals surface area contributed by atoms with Crippen molar-refractivity contribution in [1.82, 2.24) is 4.98 Å². The molecule has 0 saturated carbocycles. The van der Waals surface area contributed by atoms with Crippen molar-refractivity contribution in [2.45, 2.75) is 18.4 Å². The van der Waals surface area contributed by atoms with E-state index in [-0.39, 0.29) is 0 Å². The van der Waals surface area contributed by atoms with Crippen molar-refractivity contribution in [1.29, 1.82) is 0 Å². The fraction of sp³-hybridized carbons (Fsp3) is 0.417. The highest BCUT2D eigenvalue weighted by atomic mass is 16.5. The Balaban J connectivity index is 2.03. The van der Waals surface area contributed by atoms with E-state index in [4.69, 9.17) is 9.15 Å². The van der Waals surface area contributed by atoms with E-state index in [1.807, 2.05) is 18.2 Å². The lowest BCUT2D eigenvalue weighted by Crippen LogP contribution is -2.35. The molecule has 0 spiro atoms. The topological polar surface area (TPSA) is 55.5 Å². The maximum atomic E-state index is 10.5. The minimum atomic E-state index is -0.870. The summed E-state index contributed by atoms with van der Waals surface area (Å²) in [5.74, 6) is 0. The molecule has 16 heavy (non-hydrogen) atoms. The number of nitrogens with zero attached hydrogens (tertiary/aromatic N) is 1. The third-order valence-electron chi connectivity index (χ3n) is 3.09. The fourth-order valence-corrected chi connectivity index (χ4v) is 2.15. The second-order valence-electron chi connectivity index (χ2n) is 4.22. The molecule has 0 amide bonds. The summed E-state index contributed by atoms with van der Waals surface area (Å²) in [4.78, 5) is 4.09. The first-order valence-electron chi connectivity index (χ1n) is 5.42. The lowest BCUT2D eigenvalue weighted by Gasteiger charge is -2.32. The average Bonchev–Trinajstić information content (AvgIpc) is 2.77. The SMILES string of the molecule is OC1(c2ccc3ocnc3c2)CCCOC1. The highest BCUT2D eigenvalue weighted by Crippen LogP contribution is 2.31. The molecule has 1 aliphatic heterocycles. The molecule has 1 atom stereocenters. The minimum Gasteiger partial charge on any atom is -0.443 e. The molecule has 1 aliphatic rings. The third-order valence-corrected chi connectivity index (χ3v) is 3.09. The number of hydrogen-bond donors (Lipinski definition) is 1. The van der Waals surface area contributed by atoms with Gasteiger partial charge in [0.05, 0.1) is 6.61 Å². The molecular weight excluding hydrogens is 206 g/mol. The van der Waals surface area contributed by atoms with E-state index in [1.165, 1.54) is 6.39 Å². The summed E-state index contributed by atoms with van der Waals surface area (Å²) in [6.45, 7) is 1.09. The Labute approximate surface area is 92.9 Å². The van der Waals surface area contributed by atoms with Crippen LogP contribution < -0.4 is 0 Å². The number of oxazole rings is 1. The molecule has 0 radical (unpaired) electrons. The zero-order valence-corrected chi connectivity index (χ0v) is 8.85. The van der Waals surface area contributed by atoms with Gasteiger partial charge in [0.2, 0.25) is 0 Å². The molecule has 1 fully saturated rings. The van der Waals surface area contributed by atoms with Crippen LogP contribution >= 0.6 is 0 Å². The predicted molar refractivity (Wildman–Crippen MR) is 58.0 cm³/mol. The third kappa shape index (κ3) is 1.50. The molecule has 1 N–H and O–H groups in total. The van der Waals surface area contributed by atoms with Gasteiger partial charge in [-0.05, 0) is 30.5 Å². The van der Waals surface area contributed by atoms with Crippen molar-refractivity contribution < 1.29 is 14.3 Å². The molecule has 2 aromatic rings. The zero-order chi connectivity index (χ0) is 11.0. The largest absolute Gasteiger partial charge is 0.443 e. The van der Waals surface area contributed by atoms with Gasteiger partial charge in [0.15, 0.2) is 12.0 Å². The van der Waals surface area contributed by atoms with E-state index in [2.05, 4.69) is 4.98 Å². The second-order valence-corrected chi connectivity index (χ2v) is 4.22. The second kappa shape index (κ2) is 3.57. The molecular formula is C12H13NO3. The standard InChI is InChI=1S/C12H13NO3/c14-12(4-1-5-15-7-12)9-2-3-11-10(6-9)13-8-16-11/h2-3,6,8,14H,1,4-5,7H2. The summed E-state index contributed by atoms with van der Waals surface area (Å²) >= 11 is 0. The Bertz CT molecular complexity index is 500. The van der Waals surface area contributed by atoms with Gasteiger partial charge in [0.25, 0.3) is 0 Å². The Morgan fingerprint density at radius 1 is 1.38 bits per heavy atom. The van der Waals surface area contributed by atoms with Crippen molar-refractivity contribution in [3.8, 4) is 0 Å². The van der Waals surface area contributed by atoms with Crippen LogP contribution in [-0.4, -0.2) is 23.3 Å². The first-order chi connectivity index (χ1) is 7.78. The quantitative estimate of drug-likeness (QED) is 0.795. The van der Waals surface area contributed by atoms with Crippen LogP contribution in [0.2, 0.25) is 0 Å². The van der Waals surface area contributed by atoms with Crippen LogP contribution in [-0.2, 0) is 10.3 Å². The molecule has 1 aromatic carbocycles. The van der Waals surface area contributed by atoms with Gasteiger partial charge in [-0.25, -0.2) is 4.98 Å². The Morgan fingerprint density at radius 2 is 2.31 bits per heavy atom. The van der Waals surface area contributed by atoms with Gasteiger partial charge in [0, 0.05) is 6.61 Å². The van der Waals surface area contributed by atoms with E-state index in [1.54, 1.807) is 0 Å². The van der Waals surface area contributed by atoms with Crippen molar-refractivity contribution in [2.24, 2.45) is 0 Å². The van der Waals surface area contributed by atoms with Crippen LogP contribution in [0.3, 0.4) is 0 Å². The van der Waals surface area contributed by atoms with Crippen LogP contribution in [0.5, 0.6) is 0 Å². The van der Waals surface area contributed by atoms with Gasteiger partial charge in [-0.2, -0.15) is 0 Å². The maximum Gasteiger partial charge on any atom is 0.181 e. The molecule has 0 bridgehead atoms. The average molecular weight is 219 g/mol. The summed E-state index contributed by atoms with van der Waals surface area (Å²) in [7, 11) is 0. The zero-order valence-electron chi connectivity index (χ0n) is 8.85. The molecule has 4 heteroatoms. The number of fused-ring (bicyclic) bond motifs is 1. The number of aromatic nitrogens is 1. The van der Waals surface area contributed by atoms with E-state index in [9.17, 15) is 5.11 Å². The summed E-state index contributed by atoms with van der Waals surface area (Å²) < 4.78 is 10.5. The maximum absolute atomic E-state index is 10.5. The van der Waals surface area contributed by atoms with Crippen molar-refractivity contribution in [2.75, 3.05) is 13.2 Å².